The van der Waals surface area contributed by atoms with Gasteiger partial charge < -0.3 is 16.2 Å². The molecule has 4 N–H and O–H groups in total. The Kier molecular flexibility index (Phi) is 7.28. The van der Waals surface area contributed by atoms with E-state index in [0.717, 1.165) is 12.0 Å². The Morgan fingerprint density at radius 2 is 1.53 bits per heavy atom. The van der Waals surface area contributed by atoms with Gasteiger partial charge in [-0.25, -0.2) is 0 Å². The first-order chi connectivity index (χ1) is 14.5. The van der Waals surface area contributed by atoms with Crippen molar-refractivity contribution in [2.45, 2.75) is 32.6 Å². The summed E-state index contributed by atoms with van der Waals surface area (Å²) >= 11 is 0. The molecule has 0 saturated heterocycles. The van der Waals surface area contributed by atoms with Crippen LogP contribution in [0.2, 0.25) is 0 Å². The van der Waals surface area contributed by atoms with Gasteiger partial charge in [-0.1, -0.05) is 62.2 Å². The van der Waals surface area contributed by atoms with Crippen molar-refractivity contribution in [2.75, 3.05) is 11.5 Å². The highest BCUT2D eigenvalue weighted by atomic mass is 16.5. The molecule has 0 atom stereocenters. The minimum Gasteiger partial charge on any atom is -0.457 e. The lowest BCUT2D eigenvalue weighted by Gasteiger charge is -2.08. The maximum absolute atomic E-state index is 12.4. The van der Waals surface area contributed by atoms with Gasteiger partial charge in [0.1, 0.15) is 11.5 Å². The third-order valence-electron chi connectivity index (χ3n) is 4.80. The molecule has 154 valence electrons. The molecule has 3 rings (SSSR count). The predicted molar refractivity (Wildman–Crippen MR) is 125 cm³/mol. The first-order valence-corrected chi connectivity index (χ1v) is 10.3. The van der Waals surface area contributed by atoms with Gasteiger partial charge in [0.15, 0.2) is 5.78 Å². The Bertz CT molecular complexity index is 986. The summed E-state index contributed by atoms with van der Waals surface area (Å²) in [6.07, 6.45) is 8.11. The first-order valence-electron chi connectivity index (χ1n) is 10.3. The first kappa shape index (κ1) is 21.2. The zero-order valence-electron chi connectivity index (χ0n) is 17.3. The third kappa shape index (κ3) is 6.24. The summed E-state index contributed by atoms with van der Waals surface area (Å²) in [7, 11) is 0. The number of ether oxygens (including phenoxy) is 1. The van der Waals surface area contributed by atoms with Gasteiger partial charge in [-0.15, -0.1) is 0 Å². The van der Waals surface area contributed by atoms with E-state index in [1.807, 2.05) is 48.5 Å². The van der Waals surface area contributed by atoms with Crippen LogP contribution in [-0.4, -0.2) is 5.78 Å². The maximum atomic E-state index is 12.4. The topological polar surface area (TPSA) is 78.3 Å². The lowest BCUT2D eigenvalue weighted by atomic mass is 10.0. The summed E-state index contributed by atoms with van der Waals surface area (Å²) in [4.78, 5) is 12.4. The summed E-state index contributed by atoms with van der Waals surface area (Å²) in [5, 5.41) is 0. The van der Waals surface area contributed by atoms with Gasteiger partial charge in [0.25, 0.3) is 0 Å². The molecule has 4 heteroatoms. The standard InChI is InChI=1S/C26H28N2O2/c1-2-3-4-5-19-6-11-21(12-7-19)26(29)15-10-20-8-13-24(14-9-20)30-25-17-22(27)16-23(28)18-25/h6-18H,2-5,27-28H2,1H3. The lowest BCUT2D eigenvalue weighted by Crippen LogP contribution is -1.95. The SMILES string of the molecule is CCCCCc1ccc(C(=O)C=Cc2ccc(Oc3cc(N)cc(N)c3)cc2)cc1. The fraction of sp³-hybridized carbons (Fsp3) is 0.192. The number of benzene rings is 3. The molecule has 0 bridgehead atoms. The number of nitrogens with two attached hydrogens (primary N) is 2. The van der Waals surface area contributed by atoms with E-state index in [1.165, 1.54) is 24.8 Å². The van der Waals surface area contributed by atoms with Crippen molar-refractivity contribution in [1.29, 1.82) is 0 Å². The second kappa shape index (κ2) is 10.3. The third-order valence-corrected chi connectivity index (χ3v) is 4.80. The van der Waals surface area contributed by atoms with Crippen LogP contribution in [0.15, 0.2) is 72.8 Å². The highest BCUT2D eigenvalue weighted by Crippen LogP contribution is 2.26. The van der Waals surface area contributed by atoms with E-state index in [-0.39, 0.29) is 5.78 Å². The molecule has 3 aromatic carbocycles. The molecule has 3 aromatic rings. The summed E-state index contributed by atoms with van der Waals surface area (Å²) in [6, 6.07) is 20.5. The van der Waals surface area contributed by atoms with Gasteiger partial charge in [0, 0.05) is 29.1 Å². The highest BCUT2D eigenvalue weighted by Gasteiger charge is 2.03. The number of rotatable bonds is 9. The molecule has 4 nitrogen and oxygen atoms in total. The van der Waals surface area contributed by atoms with Gasteiger partial charge in [0.2, 0.25) is 0 Å². The van der Waals surface area contributed by atoms with Gasteiger partial charge in [-0.05, 0) is 48.2 Å². The average Bonchev–Trinajstić information content (AvgIpc) is 2.73. The van der Waals surface area contributed by atoms with Crippen LogP contribution in [0, 0.1) is 0 Å². The zero-order chi connectivity index (χ0) is 21.3. The van der Waals surface area contributed by atoms with Crippen LogP contribution < -0.4 is 16.2 Å². The molecular weight excluding hydrogens is 372 g/mol. The zero-order valence-corrected chi connectivity index (χ0v) is 17.3. The molecule has 0 unspecified atom stereocenters. The Hall–Kier alpha value is -3.53. The predicted octanol–water partition coefficient (Wildman–Crippen LogP) is 6.27. The van der Waals surface area contributed by atoms with Crippen LogP contribution in [0.4, 0.5) is 11.4 Å². The van der Waals surface area contributed by atoms with Gasteiger partial charge in [0.05, 0.1) is 0 Å². The lowest BCUT2D eigenvalue weighted by molar-refractivity contribution is 0.104. The fourth-order valence-electron chi connectivity index (χ4n) is 3.17. The van der Waals surface area contributed by atoms with E-state index in [2.05, 4.69) is 6.92 Å². The largest absolute Gasteiger partial charge is 0.457 e. The summed E-state index contributed by atoms with van der Waals surface area (Å²) < 4.78 is 5.79. The van der Waals surface area contributed by atoms with Gasteiger partial charge >= 0.3 is 0 Å². The van der Waals surface area contributed by atoms with Crippen LogP contribution in [0.25, 0.3) is 6.08 Å². The second-order valence-electron chi connectivity index (χ2n) is 7.36. The van der Waals surface area contributed by atoms with E-state index in [9.17, 15) is 4.79 Å². The number of carbonyl (C=O) groups is 1. The van der Waals surface area contributed by atoms with E-state index in [0.29, 0.717) is 28.4 Å². The number of nitrogen functional groups attached to an aromatic ring is 2. The summed E-state index contributed by atoms with van der Waals surface area (Å²) in [5.74, 6) is 1.25. The van der Waals surface area contributed by atoms with E-state index in [1.54, 1.807) is 30.4 Å². The van der Waals surface area contributed by atoms with Crippen molar-refractivity contribution in [3.63, 3.8) is 0 Å². The molecular formula is C26H28N2O2. The fourth-order valence-corrected chi connectivity index (χ4v) is 3.17. The number of ketones is 1. The average molecular weight is 401 g/mol. The number of carbonyl (C=O) groups excluding carboxylic acids is 1. The van der Waals surface area contributed by atoms with E-state index >= 15 is 0 Å². The maximum Gasteiger partial charge on any atom is 0.185 e. The molecule has 0 amide bonds. The molecule has 0 aliphatic heterocycles. The molecule has 30 heavy (non-hydrogen) atoms. The van der Waals surface area contributed by atoms with Crippen molar-refractivity contribution in [3.05, 3.63) is 89.5 Å². The number of hydrogen-bond acceptors (Lipinski definition) is 4. The summed E-state index contributed by atoms with van der Waals surface area (Å²) in [5.41, 5.74) is 15.6. The summed E-state index contributed by atoms with van der Waals surface area (Å²) in [6.45, 7) is 2.20. The Labute approximate surface area is 178 Å². The molecule has 0 aliphatic rings. The molecule has 0 fully saturated rings. The Balaban J connectivity index is 1.58. The number of hydrogen-bond donors (Lipinski definition) is 2. The van der Waals surface area contributed by atoms with Crippen LogP contribution in [0.1, 0.15) is 47.7 Å². The number of anilines is 2. The van der Waals surface area contributed by atoms with Crippen LogP contribution in [-0.2, 0) is 6.42 Å². The number of aryl methyl sites for hydroxylation is 1. The number of unbranched alkanes of at least 4 members (excludes halogenated alkanes) is 2. The number of allylic oxidation sites excluding steroid dienone is 1. The van der Waals surface area contributed by atoms with Crippen molar-refractivity contribution in [1.82, 2.24) is 0 Å². The molecule has 0 radical (unpaired) electrons. The van der Waals surface area contributed by atoms with Crippen LogP contribution in [0.5, 0.6) is 11.5 Å². The van der Waals surface area contributed by atoms with E-state index < -0.39 is 0 Å². The second-order valence-corrected chi connectivity index (χ2v) is 7.36. The highest BCUT2D eigenvalue weighted by molar-refractivity contribution is 6.06. The normalized spacial score (nSPS) is 11.0. The van der Waals surface area contributed by atoms with Crippen molar-refractivity contribution < 1.29 is 9.53 Å². The molecule has 0 saturated carbocycles. The van der Waals surface area contributed by atoms with Crippen LogP contribution >= 0.6 is 0 Å². The van der Waals surface area contributed by atoms with Gasteiger partial charge in [-0.3, -0.25) is 4.79 Å². The van der Waals surface area contributed by atoms with E-state index in [4.69, 9.17) is 16.2 Å². The Morgan fingerprint density at radius 1 is 0.867 bits per heavy atom. The van der Waals surface area contributed by atoms with Crippen molar-refractivity contribution in [2.24, 2.45) is 0 Å². The molecule has 0 heterocycles. The molecule has 0 spiro atoms. The Morgan fingerprint density at radius 3 is 2.17 bits per heavy atom. The molecule has 0 aliphatic carbocycles. The smallest absolute Gasteiger partial charge is 0.185 e. The molecule has 0 aromatic heterocycles. The van der Waals surface area contributed by atoms with Crippen molar-refractivity contribution >= 4 is 23.2 Å². The van der Waals surface area contributed by atoms with Gasteiger partial charge in [-0.2, -0.15) is 0 Å². The minimum absolute atomic E-state index is 0.00864. The quantitative estimate of drug-likeness (QED) is 0.192. The monoisotopic (exact) mass is 400 g/mol. The van der Waals surface area contributed by atoms with Crippen molar-refractivity contribution in [3.8, 4) is 11.5 Å². The van der Waals surface area contributed by atoms with Crippen LogP contribution in [0.3, 0.4) is 0 Å². The minimum atomic E-state index is -0.00864.